The Bertz CT molecular complexity index is 916. The average Bonchev–Trinajstić information content (AvgIpc) is 2.75. The standard InChI is InChI=1S/C15H13FN2O2S/c1-18-15-8-3-2-7-13(15)14(17-18)10-21(19,20)12-6-4-5-11(16)9-12/h2-9H,10H2,1H3. The number of hydrogen-bond acceptors (Lipinski definition) is 3. The first-order chi connectivity index (χ1) is 9.97. The third kappa shape index (κ3) is 2.54. The summed E-state index contributed by atoms with van der Waals surface area (Å²) >= 11 is 0. The zero-order valence-electron chi connectivity index (χ0n) is 11.3. The van der Waals surface area contributed by atoms with Crippen LogP contribution in [0.4, 0.5) is 4.39 Å². The summed E-state index contributed by atoms with van der Waals surface area (Å²) < 4.78 is 39.6. The molecule has 0 aliphatic rings. The van der Waals surface area contributed by atoms with Crippen molar-refractivity contribution in [2.45, 2.75) is 10.6 Å². The molecule has 6 heteroatoms. The van der Waals surface area contributed by atoms with Gasteiger partial charge in [-0.3, -0.25) is 4.68 Å². The number of rotatable bonds is 3. The van der Waals surface area contributed by atoms with Gasteiger partial charge in [0.15, 0.2) is 9.84 Å². The summed E-state index contributed by atoms with van der Waals surface area (Å²) in [6.07, 6.45) is 0. The van der Waals surface area contributed by atoms with Crippen molar-refractivity contribution in [3.8, 4) is 0 Å². The molecule has 0 atom stereocenters. The van der Waals surface area contributed by atoms with E-state index < -0.39 is 15.7 Å². The summed E-state index contributed by atoms with van der Waals surface area (Å²) in [6.45, 7) is 0. The Kier molecular flexibility index (Phi) is 3.25. The highest BCUT2D eigenvalue weighted by molar-refractivity contribution is 7.90. The second kappa shape index (κ2) is 4.96. The summed E-state index contributed by atoms with van der Waals surface area (Å²) in [5, 5.41) is 5.06. The highest BCUT2D eigenvalue weighted by atomic mass is 32.2. The lowest BCUT2D eigenvalue weighted by atomic mass is 10.2. The van der Waals surface area contributed by atoms with E-state index in [1.54, 1.807) is 11.7 Å². The molecule has 2 aromatic carbocycles. The number of nitrogens with zero attached hydrogens (tertiary/aromatic N) is 2. The molecular formula is C15H13FN2O2S. The Morgan fingerprint density at radius 3 is 2.67 bits per heavy atom. The van der Waals surface area contributed by atoms with E-state index in [0.29, 0.717) is 5.69 Å². The highest BCUT2D eigenvalue weighted by Gasteiger charge is 2.20. The third-order valence-electron chi connectivity index (χ3n) is 3.32. The number of halogens is 1. The van der Waals surface area contributed by atoms with E-state index in [2.05, 4.69) is 5.10 Å². The van der Waals surface area contributed by atoms with Gasteiger partial charge in [-0.15, -0.1) is 0 Å². The Hall–Kier alpha value is -2.21. The molecule has 4 nitrogen and oxygen atoms in total. The molecule has 0 amide bonds. The SMILES string of the molecule is Cn1nc(CS(=O)(=O)c2cccc(F)c2)c2ccccc21. The minimum atomic E-state index is -3.63. The Morgan fingerprint density at radius 1 is 1.14 bits per heavy atom. The van der Waals surface area contributed by atoms with E-state index >= 15 is 0 Å². The van der Waals surface area contributed by atoms with E-state index in [1.807, 2.05) is 24.3 Å². The summed E-state index contributed by atoms with van der Waals surface area (Å²) in [7, 11) is -1.87. The van der Waals surface area contributed by atoms with Crippen molar-refractivity contribution >= 4 is 20.7 Å². The molecule has 0 spiro atoms. The van der Waals surface area contributed by atoms with Gasteiger partial charge in [-0.1, -0.05) is 24.3 Å². The van der Waals surface area contributed by atoms with E-state index in [0.717, 1.165) is 17.0 Å². The Labute approximate surface area is 121 Å². The van der Waals surface area contributed by atoms with Crippen LogP contribution in [0.25, 0.3) is 10.9 Å². The lowest BCUT2D eigenvalue weighted by Crippen LogP contribution is -2.06. The van der Waals surface area contributed by atoms with Gasteiger partial charge in [-0.05, 0) is 24.3 Å². The normalized spacial score (nSPS) is 11.9. The largest absolute Gasteiger partial charge is 0.268 e. The molecule has 21 heavy (non-hydrogen) atoms. The molecular weight excluding hydrogens is 291 g/mol. The van der Waals surface area contributed by atoms with Crippen LogP contribution in [0.15, 0.2) is 53.4 Å². The molecule has 0 radical (unpaired) electrons. The quantitative estimate of drug-likeness (QED) is 0.747. The van der Waals surface area contributed by atoms with Crippen molar-refractivity contribution in [2.24, 2.45) is 7.05 Å². The van der Waals surface area contributed by atoms with Crippen molar-refractivity contribution in [1.82, 2.24) is 9.78 Å². The van der Waals surface area contributed by atoms with E-state index in [9.17, 15) is 12.8 Å². The van der Waals surface area contributed by atoms with Crippen LogP contribution < -0.4 is 0 Å². The maximum Gasteiger partial charge on any atom is 0.184 e. The molecule has 3 rings (SSSR count). The highest BCUT2D eigenvalue weighted by Crippen LogP contribution is 2.22. The summed E-state index contributed by atoms with van der Waals surface area (Å²) in [6, 6.07) is 12.4. The molecule has 0 N–H and O–H groups in total. The predicted octanol–water partition coefficient (Wildman–Crippen LogP) is 2.69. The third-order valence-corrected chi connectivity index (χ3v) is 4.94. The number of hydrogen-bond donors (Lipinski definition) is 0. The van der Waals surface area contributed by atoms with Gasteiger partial charge in [0.25, 0.3) is 0 Å². The minimum absolute atomic E-state index is 0.0303. The number of aryl methyl sites for hydroxylation is 1. The van der Waals surface area contributed by atoms with Crippen LogP contribution in [0.3, 0.4) is 0 Å². The molecule has 1 heterocycles. The fourth-order valence-electron chi connectivity index (χ4n) is 2.32. The number of sulfone groups is 1. The summed E-state index contributed by atoms with van der Waals surface area (Å²) in [5.41, 5.74) is 1.33. The van der Waals surface area contributed by atoms with Crippen LogP contribution in [0.2, 0.25) is 0 Å². The van der Waals surface area contributed by atoms with E-state index in [1.165, 1.54) is 18.2 Å². The van der Waals surface area contributed by atoms with E-state index in [4.69, 9.17) is 0 Å². The average molecular weight is 304 g/mol. The van der Waals surface area contributed by atoms with Gasteiger partial charge >= 0.3 is 0 Å². The molecule has 0 bridgehead atoms. The number of aromatic nitrogens is 2. The van der Waals surface area contributed by atoms with Crippen LogP contribution >= 0.6 is 0 Å². The summed E-state index contributed by atoms with van der Waals surface area (Å²) in [5.74, 6) is -0.820. The topological polar surface area (TPSA) is 52.0 Å². The fourth-order valence-corrected chi connectivity index (χ4v) is 3.64. The second-order valence-corrected chi connectivity index (χ2v) is 6.79. The van der Waals surface area contributed by atoms with E-state index in [-0.39, 0.29) is 10.6 Å². The zero-order chi connectivity index (χ0) is 15.0. The van der Waals surface area contributed by atoms with Crippen molar-refractivity contribution in [3.63, 3.8) is 0 Å². The maximum absolute atomic E-state index is 13.2. The molecule has 0 aliphatic heterocycles. The second-order valence-electron chi connectivity index (χ2n) is 4.80. The van der Waals surface area contributed by atoms with Gasteiger partial charge in [-0.25, -0.2) is 12.8 Å². The zero-order valence-corrected chi connectivity index (χ0v) is 12.1. The molecule has 1 aromatic heterocycles. The van der Waals surface area contributed by atoms with Crippen molar-refractivity contribution in [1.29, 1.82) is 0 Å². The van der Waals surface area contributed by atoms with Crippen LogP contribution in [0.1, 0.15) is 5.69 Å². The van der Waals surface area contributed by atoms with Crippen molar-refractivity contribution < 1.29 is 12.8 Å². The lowest BCUT2D eigenvalue weighted by molar-refractivity contribution is 0.589. The van der Waals surface area contributed by atoms with Crippen LogP contribution in [-0.4, -0.2) is 18.2 Å². The van der Waals surface area contributed by atoms with Gasteiger partial charge in [0.1, 0.15) is 5.82 Å². The van der Waals surface area contributed by atoms with Gasteiger partial charge in [0.05, 0.1) is 21.9 Å². The van der Waals surface area contributed by atoms with Crippen molar-refractivity contribution in [3.05, 3.63) is 60.0 Å². The van der Waals surface area contributed by atoms with Gasteiger partial charge < -0.3 is 0 Å². The van der Waals surface area contributed by atoms with Gasteiger partial charge in [0, 0.05) is 12.4 Å². The molecule has 0 saturated carbocycles. The smallest absolute Gasteiger partial charge is 0.184 e. The Balaban J connectivity index is 2.06. The fraction of sp³-hybridized carbons (Fsp3) is 0.133. The molecule has 3 aromatic rings. The van der Waals surface area contributed by atoms with Crippen LogP contribution in [-0.2, 0) is 22.6 Å². The number of fused-ring (bicyclic) bond motifs is 1. The molecule has 0 unspecified atom stereocenters. The molecule has 0 saturated heterocycles. The monoisotopic (exact) mass is 304 g/mol. The number of benzene rings is 2. The lowest BCUT2D eigenvalue weighted by Gasteiger charge is -2.03. The van der Waals surface area contributed by atoms with Crippen LogP contribution in [0, 0.1) is 5.82 Å². The first-order valence-electron chi connectivity index (χ1n) is 6.36. The van der Waals surface area contributed by atoms with Crippen molar-refractivity contribution in [2.75, 3.05) is 0 Å². The van der Waals surface area contributed by atoms with Crippen LogP contribution in [0.5, 0.6) is 0 Å². The van der Waals surface area contributed by atoms with Gasteiger partial charge in [0.2, 0.25) is 0 Å². The van der Waals surface area contributed by atoms with Gasteiger partial charge in [-0.2, -0.15) is 5.10 Å². The first-order valence-corrected chi connectivity index (χ1v) is 8.01. The minimum Gasteiger partial charge on any atom is -0.268 e. The number of para-hydroxylation sites is 1. The predicted molar refractivity (Wildman–Crippen MR) is 78.0 cm³/mol. The molecule has 108 valence electrons. The maximum atomic E-state index is 13.2. The Morgan fingerprint density at radius 2 is 1.90 bits per heavy atom. The summed E-state index contributed by atoms with van der Waals surface area (Å²) in [4.78, 5) is -0.0303. The molecule has 0 fully saturated rings. The first kappa shape index (κ1) is 13.8. The molecule has 0 aliphatic carbocycles.